The van der Waals surface area contributed by atoms with Crippen molar-refractivity contribution in [1.82, 2.24) is 4.98 Å². The molecule has 0 saturated carbocycles. The minimum atomic E-state index is -0.361. The summed E-state index contributed by atoms with van der Waals surface area (Å²) in [7, 11) is 0. The Morgan fingerprint density at radius 3 is 2.67 bits per heavy atom. The van der Waals surface area contributed by atoms with Crippen molar-refractivity contribution in [2.75, 3.05) is 11.9 Å². The Morgan fingerprint density at radius 1 is 1.11 bits per heavy atom. The van der Waals surface area contributed by atoms with Crippen LogP contribution in [-0.2, 0) is 17.6 Å². The number of hydrogen-bond donors (Lipinski definition) is 1. The number of nitrogens with one attached hydrogen (secondary N) is 1. The van der Waals surface area contributed by atoms with Crippen molar-refractivity contribution in [3.8, 4) is 11.3 Å². The molecule has 1 aliphatic carbocycles. The molecule has 5 rings (SSSR count). The third-order valence-corrected chi connectivity index (χ3v) is 8.20. The molecule has 0 saturated heterocycles. The maximum atomic E-state index is 13.8. The molecule has 0 bridgehead atoms. The number of pyridine rings is 1. The topological polar surface area (TPSA) is 68.3 Å². The summed E-state index contributed by atoms with van der Waals surface area (Å²) in [6, 6.07) is 17.5. The molecule has 0 fully saturated rings. The standard InChI is InChI=1S/C30H30N2O3S/c1-4-19-14-15-22-26(16-19)36-29(27(22)30(34)35-5-2)32-28(33)23-17-25(20-11-7-6-10-18(20)3)31-24-13-9-8-12-21(23)24/h6-13,17,19H,4-5,14-16H2,1-3H3,(H,32,33)/t19-/m1/s1. The minimum Gasteiger partial charge on any atom is -0.462 e. The van der Waals surface area contributed by atoms with Crippen LogP contribution in [0.5, 0.6) is 0 Å². The third-order valence-electron chi connectivity index (χ3n) is 7.03. The van der Waals surface area contributed by atoms with Gasteiger partial charge in [-0.25, -0.2) is 9.78 Å². The number of carbonyl (C=O) groups is 2. The van der Waals surface area contributed by atoms with E-state index < -0.39 is 0 Å². The summed E-state index contributed by atoms with van der Waals surface area (Å²) in [5, 5.41) is 4.45. The quantitative estimate of drug-likeness (QED) is 0.285. The zero-order chi connectivity index (χ0) is 25.2. The number of amides is 1. The van der Waals surface area contributed by atoms with Crippen LogP contribution in [0.15, 0.2) is 54.6 Å². The molecule has 2 aromatic carbocycles. The van der Waals surface area contributed by atoms with Gasteiger partial charge in [0, 0.05) is 15.8 Å². The molecule has 2 aromatic heterocycles. The lowest BCUT2D eigenvalue weighted by atomic mass is 9.85. The highest BCUT2D eigenvalue weighted by molar-refractivity contribution is 7.17. The van der Waals surface area contributed by atoms with Crippen molar-refractivity contribution >= 4 is 39.1 Å². The first-order valence-corrected chi connectivity index (χ1v) is 13.4. The zero-order valence-electron chi connectivity index (χ0n) is 20.9. The molecule has 2 heterocycles. The van der Waals surface area contributed by atoms with E-state index in [-0.39, 0.29) is 11.9 Å². The summed E-state index contributed by atoms with van der Waals surface area (Å²) in [6.45, 7) is 6.34. The van der Waals surface area contributed by atoms with Crippen molar-refractivity contribution in [3.05, 3.63) is 81.7 Å². The van der Waals surface area contributed by atoms with Gasteiger partial charge in [-0.05, 0) is 62.3 Å². The second-order valence-corrected chi connectivity index (χ2v) is 10.4. The number of esters is 1. The number of thiophene rings is 1. The molecule has 0 spiro atoms. The van der Waals surface area contributed by atoms with Gasteiger partial charge in [0.15, 0.2) is 0 Å². The lowest BCUT2D eigenvalue weighted by Gasteiger charge is -2.20. The van der Waals surface area contributed by atoms with Gasteiger partial charge in [-0.3, -0.25) is 4.79 Å². The second-order valence-electron chi connectivity index (χ2n) is 9.29. The predicted molar refractivity (Wildman–Crippen MR) is 146 cm³/mol. The lowest BCUT2D eigenvalue weighted by Crippen LogP contribution is -2.17. The van der Waals surface area contributed by atoms with Crippen LogP contribution < -0.4 is 5.32 Å². The Kier molecular flexibility index (Phi) is 6.88. The molecule has 1 amide bonds. The molecule has 5 nitrogen and oxygen atoms in total. The van der Waals surface area contributed by atoms with E-state index in [1.807, 2.05) is 61.5 Å². The predicted octanol–water partition coefficient (Wildman–Crippen LogP) is 7.22. The summed E-state index contributed by atoms with van der Waals surface area (Å²) >= 11 is 1.52. The molecule has 4 aromatic rings. The number of benzene rings is 2. The molecule has 36 heavy (non-hydrogen) atoms. The van der Waals surface area contributed by atoms with Crippen molar-refractivity contribution in [3.63, 3.8) is 0 Å². The van der Waals surface area contributed by atoms with Gasteiger partial charge in [0.2, 0.25) is 0 Å². The van der Waals surface area contributed by atoms with Gasteiger partial charge in [0.25, 0.3) is 5.91 Å². The van der Waals surface area contributed by atoms with Crippen molar-refractivity contribution in [2.24, 2.45) is 5.92 Å². The maximum absolute atomic E-state index is 13.8. The van der Waals surface area contributed by atoms with Gasteiger partial charge in [-0.2, -0.15) is 0 Å². The molecule has 6 heteroatoms. The van der Waals surface area contributed by atoms with Gasteiger partial charge in [-0.15, -0.1) is 11.3 Å². The Balaban J connectivity index is 1.58. The molecular formula is C30H30N2O3S. The van der Waals surface area contributed by atoms with Crippen LogP contribution >= 0.6 is 11.3 Å². The number of anilines is 1. The SMILES string of the molecule is CCOC(=O)c1c(NC(=O)c2cc(-c3ccccc3C)nc3ccccc23)sc2c1CC[C@@H](CC)C2. The Bertz CT molecular complexity index is 1460. The van der Waals surface area contributed by atoms with E-state index in [0.717, 1.165) is 59.0 Å². The van der Waals surface area contributed by atoms with Crippen LogP contribution in [0.4, 0.5) is 5.00 Å². The van der Waals surface area contributed by atoms with E-state index in [1.54, 1.807) is 6.92 Å². The van der Waals surface area contributed by atoms with Crippen LogP contribution in [-0.4, -0.2) is 23.5 Å². The number of nitrogens with zero attached hydrogens (tertiary/aromatic N) is 1. The molecule has 184 valence electrons. The van der Waals surface area contributed by atoms with E-state index in [4.69, 9.17) is 9.72 Å². The highest BCUT2D eigenvalue weighted by Gasteiger charge is 2.30. The summed E-state index contributed by atoms with van der Waals surface area (Å²) < 4.78 is 5.40. The number of carbonyl (C=O) groups excluding carboxylic acids is 2. The van der Waals surface area contributed by atoms with E-state index >= 15 is 0 Å². The number of ether oxygens (including phenoxy) is 1. The molecule has 1 aliphatic rings. The molecule has 0 radical (unpaired) electrons. The van der Waals surface area contributed by atoms with E-state index in [1.165, 1.54) is 16.2 Å². The molecule has 0 aliphatic heterocycles. The van der Waals surface area contributed by atoms with Crippen molar-refractivity contribution in [2.45, 2.75) is 46.5 Å². The van der Waals surface area contributed by atoms with Crippen LogP contribution in [0.25, 0.3) is 22.2 Å². The van der Waals surface area contributed by atoms with E-state index in [9.17, 15) is 9.59 Å². The molecular weight excluding hydrogens is 468 g/mol. The maximum Gasteiger partial charge on any atom is 0.341 e. The second kappa shape index (κ2) is 10.2. The fourth-order valence-corrected chi connectivity index (χ4v) is 6.39. The summed E-state index contributed by atoms with van der Waals surface area (Å²) in [5.74, 6) is -0.00406. The molecule has 0 unspecified atom stereocenters. The number of aryl methyl sites for hydroxylation is 1. The normalized spacial score (nSPS) is 14.9. The molecule has 1 atom stereocenters. The third kappa shape index (κ3) is 4.53. The first-order chi connectivity index (χ1) is 17.5. The van der Waals surface area contributed by atoms with Gasteiger partial charge in [-0.1, -0.05) is 55.8 Å². The van der Waals surface area contributed by atoms with Gasteiger partial charge in [0.1, 0.15) is 5.00 Å². The van der Waals surface area contributed by atoms with Crippen molar-refractivity contribution < 1.29 is 14.3 Å². The van der Waals surface area contributed by atoms with Gasteiger partial charge >= 0.3 is 5.97 Å². The summed E-state index contributed by atoms with van der Waals surface area (Å²) in [5.41, 5.74) is 5.68. The average molecular weight is 499 g/mol. The Labute approximate surface area is 215 Å². The van der Waals surface area contributed by atoms with Crippen LogP contribution in [0.2, 0.25) is 0 Å². The first-order valence-electron chi connectivity index (χ1n) is 12.6. The fraction of sp³-hybridized carbons (Fsp3) is 0.300. The minimum absolute atomic E-state index is 0.250. The Hall–Kier alpha value is -3.51. The highest BCUT2D eigenvalue weighted by atomic mass is 32.1. The fourth-order valence-electron chi connectivity index (χ4n) is 5.04. The van der Waals surface area contributed by atoms with E-state index in [0.29, 0.717) is 28.7 Å². The summed E-state index contributed by atoms with van der Waals surface area (Å²) in [6.07, 6.45) is 3.94. The van der Waals surface area contributed by atoms with Crippen LogP contribution in [0, 0.1) is 12.8 Å². The van der Waals surface area contributed by atoms with E-state index in [2.05, 4.69) is 12.2 Å². The lowest BCUT2D eigenvalue weighted by molar-refractivity contribution is 0.0526. The zero-order valence-corrected chi connectivity index (χ0v) is 21.7. The van der Waals surface area contributed by atoms with Gasteiger partial charge < -0.3 is 10.1 Å². The smallest absolute Gasteiger partial charge is 0.341 e. The number of para-hydroxylation sites is 1. The largest absolute Gasteiger partial charge is 0.462 e. The summed E-state index contributed by atoms with van der Waals surface area (Å²) in [4.78, 5) is 32.8. The number of rotatable bonds is 6. The van der Waals surface area contributed by atoms with Gasteiger partial charge in [0.05, 0.1) is 28.9 Å². The first kappa shape index (κ1) is 24.2. The highest BCUT2D eigenvalue weighted by Crippen LogP contribution is 2.41. The van der Waals surface area contributed by atoms with Crippen LogP contribution in [0.3, 0.4) is 0 Å². The van der Waals surface area contributed by atoms with Crippen LogP contribution in [0.1, 0.15) is 63.4 Å². The number of fused-ring (bicyclic) bond motifs is 2. The number of aromatic nitrogens is 1. The number of hydrogen-bond acceptors (Lipinski definition) is 5. The monoisotopic (exact) mass is 498 g/mol. The van der Waals surface area contributed by atoms with Crippen molar-refractivity contribution in [1.29, 1.82) is 0 Å². The average Bonchev–Trinajstić information content (AvgIpc) is 3.25. The molecule has 1 N–H and O–H groups in total. The Morgan fingerprint density at radius 2 is 1.89 bits per heavy atom.